The molecule has 0 radical (unpaired) electrons. The SMILES string of the molecule is Cc1ccc(F)c(C(N)c2cccc3ccsc23)c1F. The summed E-state index contributed by atoms with van der Waals surface area (Å²) in [7, 11) is 0. The molecule has 2 aromatic carbocycles. The average Bonchev–Trinajstić information content (AvgIpc) is 2.91. The number of halogens is 2. The molecule has 0 amide bonds. The van der Waals surface area contributed by atoms with E-state index >= 15 is 0 Å². The van der Waals surface area contributed by atoms with Gasteiger partial charge in [-0.15, -0.1) is 11.3 Å². The van der Waals surface area contributed by atoms with Crippen molar-refractivity contribution in [1.82, 2.24) is 0 Å². The third-order valence-electron chi connectivity index (χ3n) is 3.48. The Bertz CT molecular complexity index is 779. The van der Waals surface area contributed by atoms with Crippen molar-refractivity contribution in [1.29, 1.82) is 0 Å². The van der Waals surface area contributed by atoms with Crippen molar-refractivity contribution in [3.05, 3.63) is 70.1 Å². The Morgan fingerprint density at radius 1 is 1.10 bits per heavy atom. The van der Waals surface area contributed by atoms with Crippen molar-refractivity contribution in [2.75, 3.05) is 0 Å². The third kappa shape index (κ3) is 2.01. The van der Waals surface area contributed by atoms with E-state index in [2.05, 4.69) is 0 Å². The number of aryl methyl sites for hydroxylation is 1. The average molecular weight is 289 g/mol. The monoisotopic (exact) mass is 289 g/mol. The van der Waals surface area contributed by atoms with E-state index in [0.717, 1.165) is 15.6 Å². The van der Waals surface area contributed by atoms with Crippen molar-refractivity contribution >= 4 is 21.4 Å². The minimum absolute atomic E-state index is 0.0640. The molecule has 1 atom stereocenters. The minimum Gasteiger partial charge on any atom is -0.320 e. The minimum atomic E-state index is -0.808. The van der Waals surface area contributed by atoms with Crippen LogP contribution in [0.4, 0.5) is 8.78 Å². The van der Waals surface area contributed by atoms with Gasteiger partial charge in [0.2, 0.25) is 0 Å². The molecule has 1 heterocycles. The fourth-order valence-electron chi connectivity index (χ4n) is 2.38. The van der Waals surface area contributed by atoms with Crippen LogP contribution in [-0.2, 0) is 0 Å². The van der Waals surface area contributed by atoms with Crippen molar-refractivity contribution in [3.8, 4) is 0 Å². The molecule has 0 aliphatic heterocycles. The first kappa shape index (κ1) is 13.2. The zero-order valence-electron chi connectivity index (χ0n) is 10.9. The van der Waals surface area contributed by atoms with Crippen molar-refractivity contribution in [2.45, 2.75) is 13.0 Å². The molecule has 2 N–H and O–H groups in total. The van der Waals surface area contributed by atoms with E-state index in [0.29, 0.717) is 5.56 Å². The fraction of sp³-hybridized carbons (Fsp3) is 0.125. The first-order chi connectivity index (χ1) is 9.59. The lowest BCUT2D eigenvalue weighted by Crippen LogP contribution is -2.16. The normalized spacial score (nSPS) is 12.8. The molecule has 0 aliphatic rings. The standard InChI is InChI=1S/C16H13F2NS/c1-9-5-6-12(17)13(14(9)18)15(19)11-4-2-3-10-7-8-20-16(10)11/h2-8,15H,19H2,1H3. The van der Waals surface area contributed by atoms with Crippen LogP contribution in [-0.4, -0.2) is 0 Å². The van der Waals surface area contributed by atoms with Gasteiger partial charge in [0.15, 0.2) is 0 Å². The Morgan fingerprint density at radius 2 is 1.90 bits per heavy atom. The van der Waals surface area contributed by atoms with Gasteiger partial charge in [0.05, 0.1) is 6.04 Å². The van der Waals surface area contributed by atoms with Crippen LogP contribution < -0.4 is 5.73 Å². The number of thiophene rings is 1. The molecule has 1 aromatic heterocycles. The molecule has 0 spiro atoms. The number of hydrogen-bond acceptors (Lipinski definition) is 2. The van der Waals surface area contributed by atoms with E-state index in [1.165, 1.54) is 23.5 Å². The number of benzene rings is 2. The molecule has 102 valence electrons. The van der Waals surface area contributed by atoms with Gasteiger partial charge in [0, 0.05) is 10.3 Å². The van der Waals surface area contributed by atoms with E-state index in [9.17, 15) is 8.78 Å². The summed E-state index contributed by atoms with van der Waals surface area (Å²) in [5.41, 5.74) is 7.22. The van der Waals surface area contributed by atoms with Crippen molar-refractivity contribution in [3.63, 3.8) is 0 Å². The van der Waals surface area contributed by atoms with Gasteiger partial charge in [-0.25, -0.2) is 8.78 Å². The zero-order valence-corrected chi connectivity index (χ0v) is 11.7. The first-order valence-corrected chi connectivity index (χ1v) is 7.13. The van der Waals surface area contributed by atoms with Crippen LogP contribution in [0.3, 0.4) is 0 Å². The molecule has 20 heavy (non-hydrogen) atoms. The van der Waals surface area contributed by atoms with Crippen LogP contribution in [0.2, 0.25) is 0 Å². The second kappa shape index (κ2) is 4.96. The number of rotatable bonds is 2. The Balaban J connectivity index is 2.21. The molecule has 0 fully saturated rings. The van der Waals surface area contributed by atoms with Gasteiger partial charge in [-0.2, -0.15) is 0 Å². The third-order valence-corrected chi connectivity index (χ3v) is 4.45. The van der Waals surface area contributed by atoms with Gasteiger partial charge in [0.1, 0.15) is 11.6 Å². The molecular weight excluding hydrogens is 276 g/mol. The summed E-state index contributed by atoms with van der Waals surface area (Å²) >= 11 is 1.53. The number of hydrogen-bond donors (Lipinski definition) is 1. The summed E-state index contributed by atoms with van der Waals surface area (Å²) < 4.78 is 29.2. The van der Waals surface area contributed by atoms with E-state index in [1.807, 2.05) is 29.6 Å². The summed E-state index contributed by atoms with van der Waals surface area (Å²) in [6.45, 7) is 1.61. The smallest absolute Gasteiger partial charge is 0.134 e. The Morgan fingerprint density at radius 3 is 2.70 bits per heavy atom. The highest BCUT2D eigenvalue weighted by Gasteiger charge is 2.21. The van der Waals surface area contributed by atoms with Crippen LogP contribution in [0.5, 0.6) is 0 Å². The topological polar surface area (TPSA) is 26.0 Å². The second-order valence-electron chi connectivity index (χ2n) is 4.76. The maximum Gasteiger partial charge on any atom is 0.134 e. The Kier molecular flexibility index (Phi) is 3.28. The molecule has 0 saturated carbocycles. The molecule has 3 rings (SSSR count). The van der Waals surface area contributed by atoms with Gasteiger partial charge in [-0.1, -0.05) is 24.3 Å². The highest BCUT2D eigenvalue weighted by Crippen LogP contribution is 2.33. The summed E-state index contributed by atoms with van der Waals surface area (Å²) in [6.07, 6.45) is 0. The van der Waals surface area contributed by atoms with Gasteiger partial charge in [0.25, 0.3) is 0 Å². The van der Waals surface area contributed by atoms with Crippen molar-refractivity contribution in [2.24, 2.45) is 5.73 Å². The summed E-state index contributed by atoms with van der Waals surface area (Å²) in [5.74, 6) is -1.17. The second-order valence-corrected chi connectivity index (χ2v) is 5.67. The summed E-state index contributed by atoms with van der Waals surface area (Å²) in [6, 6.07) is 9.50. The Labute approximate surface area is 119 Å². The van der Waals surface area contributed by atoms with Crippen LogP contribution >= 0.6 is 11.3 Å². The van der Waals surface area contributed by atoms with Crippen LogP contribution in [0.25, 0.3) is 10.1 Å². The molecule has 4 heteroatoms. The van der Waals surface area contributed by atoms with Crippen molar-refractivity contribution < 1.29 is 8.78 Å². The highest BCUT2D eigenvalue weighted by atomic mass is 32.1. The summed E-state index contributed by atoms with van der Waals surface area (Å²) in [4.78, 5) is 0. The van der Waals surface area contributed by atoms with Gasteiger partial charge in [-0.3, -0.25) is 0 Å². The van der Waals surface area contributed by atoms with Gasteiger partial charge in [-0.05, 0) is 40.9 Å². The van der Waals surface area contributed by atoms with Gasteiger partial charge < -0.3 is 5.73 Å². The van der Waals surface area contributed by atoms with Crippen LogP contribution in [0.15, 0.2) is 41.8 Å². The quantitative estimate of drug-likeness (QED) is 0.736. The molecule has 3 aromatic rings. The van der Waals surface area contributed by atoms with E-state index < -0.39 is 17.7 Å². The number of fused-ring (bicyclic) bond motifs is 1. The highest BCUT2D eigenvalue weighted by molar-refractivity contribution is 7.17. The van der Waals surface area contributed by atoms with Crippen LogP contribution in [0, 0.1) is 18.6 Å². The maximum absolute atomic E-state index is 14.2. The molecule has 1 unspecified atom stereocenters. The molecule has 1 nitrogen and oxygen atoms in total. The molecule has 0 bridgehead atoms. The first-order valence-electron chi connectivity index (χ1n) is 6.26. The summed E-state index contributed by atoms with van der Waals surface area (Å²) in [5, 5.41) is 2.99. The maximum atomic E-state index is 14.2. The molecular formula is C16H13F2NS. The molecule has 0 aliphatic carbocycles. The lowest BCUT2D eigenvalue weighted by atomic mass is 9.96. The zero-order chi connectivity index (χ0) is 14.3. The predicted molar refractivity (Wildman–Crippen MR) is 79.0 cm³/mol. The van der Waals surface area contributed by atoms with E-state index in [-0.39, 0.29) is 5.56 Å². The van der Waals surface area contributed by atoms with Gasteiger partial charge >= 0.3 is 0 Å². The number of nitrogens with two attached hydrogens (primary N) is 1. The molecule has 0 saturated heterocycles. The lowest BCUT2D eigenvalue weighted by molar-refractivity contribution is 0.539. The van der Waals surface area contributed by atoms with E-state index in [1.54, 1.807) is 6.92 Å². The predicted octanol–water partition coefficient (Wildman–Crippen LogP) is 4.54. The Hall–Kier alpha value is -1.78. The largest absolute Gasteiger partial charge is 0.320 e. The van der Waals surface area contributed by atoms with Crippen LogP contribution in [0.1, 0.15) is 22.7 Å². The van der Waals surface area contributed by atoms with E-state index in [4.69, 9.17) is 5.73 Å². The fourth-order valence-corrected chi connectivity index (χ4v) is 3.33. The lowest BCUT2D eigenvalue weighted by Gasteiger charge is -2.16.